The molecule has 0 atom stereocenters. The predicted molar refractivity (Wildman–Crippen MR) is 226 cm³/mol. The van der Waals surface area contributed by atoms with Crippen molar-refractivity contribution in [1.29, 1.82) is 0 Å². The lowest BCUT2D eigenvalue weighted by Crippen LogP contribution is -2.32. The van der Waals surface area contributed by atoms with Gasteiger partial charge in [0.05, 0.1) is 16.8 Å². The van der Waals surface area contributed by atoms with Crippen molar-refractivity contribution in [3.8, 4) is 67.8 Å². The summed E-state index contributed by atoms with van der Waals surface area (Å²) in [6, 6.07) is 68.4. The monoisotopic (exact) mass is 732 g/mol. The van der Waals surface area contributed by atoms with Gasteiger partial charge in [-0.25, -0.2) is 19.9 Å². The molecule has 11 rings (SSSR count). The fourth-order valence-corrected chi connectivity index (χ4v) is 9.74. The van der Waals surface area contributed by atoms with Crippen LogP contribution in [0.2, 0.25) is 0 Å². The zero-order valence-corrected chi connectivity index (χ0v) is 31.0. The average molecular weight is 733 g/mol. The Hall–Kier alpha value is -6.95. The Balaban J connectivity index is 1.15. The molecule has 3 heterocycles. The second-order valence-electron chi connectivity index (χ2n) is 14.1. The maximum absolute atomic E-state index is 5.32. The lowest BCUT2D eigenvalue weighted by atomic mass is 9.67. The fraction of sp³-hybridized carbons (Fsp3) is 0.0196. The van der Waals surface area contributed by atoms with Crippen molar-refractivity contribution in [3.05, 3.63) is 216 Å². The molecule has 262 valence electrons. The minimum atomic E-state index is -0.504. The Bertz CT molecular complexity index is 2900. The SMILES string of the molecule is c1ccc(-c2ccc(-c3nc(-c4ccccc4)nc(-c4ccc5c(c4)C4(c6ccccc6S5)c5ccccc5-c5ccccc54)n3)c(-c3ccccc3)n2)cc1. The van der Waals surface area contributed by atoms with Crippen molar-refractivity contribution in [2.24, 2.45) is 0 Å². The third-order valence-electron chi connectivity index (χ3n) is 11.0. The number of rotatable bonds is 5. The lowest BCUT2D eigenvalue weighted by molar-refractivity contribution is 0.722. The predicted octanol–water partition coefficient (Wildman–Crippen LogP) is 12.4. The van der Waals surface area contributed by atoms with Gasteiger partial charge in [-0.2, -0.15) is 0 Å². The first-order valence-corrected chi connectivity index (χ1v) is 19.6. The largest absolute Gasteiger partial charge is 0.247 e. The van der Waals surface area contributed by atoms with E-state index < -0.39 is 5.41 Å². The third-order valence-corrected chi connectivity index (χ3v) is 12.2. The molecule has 0 saturated heterocycles. The molecule has 1 spiro atoms. The van der Waals surface area contributed by atoms with E-state index >= 15 is 0 Å². The Morgan fingerprint density at radius 1 is 0.321 bits per heavy atom. The molecule has 1 aliphatic heterocycles. The molecule has 0 N–H and O–H groups in total. The number of nitrogens with zero attached hydrogens (tertiary/aromatic N) is 4. The highest BCUT2D eigenvalue weighted by Gasteiger charge is 2.50. The summed E-state index contributed by atoms with van der Waals surface area (Å²) in [4.78, 5) is 23.5. The van der Waals surface area contributed by atoms with Gasteiger partial charge in [-0.1, -0.05) is 176 Å². The van der Waals surface area contributed by atoms with Gasteiger partial charge < -0.3 is 0 Å². The smallest absolute Gasteiger partial charge is 0.166 e. The molecular weight excluding hydrogens is 701 g/mol. The van der Waals surface area contributed by atoms with E-state index in [1.165, 1.54) is 43.2 Å². The normalized spacial score (nSPS) is 13.1. The Kier molecular flexibility index (Phi) is 7.61. The number of benzene rings is 7. The molecule has 2 aliphatic rings. The summed E-state index contributed by atoms with van der Waals surface area (Å²) < 4.78 is 0. The molecule has 0 fully saturated rings. The van der Waals surface area contributed by atoms with Gasteiger partial charge in [0.15, 0.2) is 17.5 Å². The first-order valence-electron chi connectivity index (χ1n) is 18.8. The number of fused-ring (bicyclic) bond motifs is 9. The fourth-order valence-electron chi connectivity index (χ4n) is 8.56. The van der Waals surface area contributed by atoms with E-state index in [0.717, 1.165) is 39.2 Å². The zero-order chi connectivity index (χ0) is 37.1. The van der Waals surface area contributed by atoms with Gasteiger partial charge >= 0.3 is 0 Å². The molecule has 1 aliphatic carbocycles. The van der Waals surface area contributed by atoms with Gasteiger partial charge in [-0.15, -0.1) is 0 Å². The second-order valence-corrected chi connectivity index (χ2v) is 15.2. The molecule has 4 nitrogen and oxygen atoms in total. The van der Waals surface area contributed by atoms with Crippen molar-refractivity contribution >= 4 is 11.8 Å². The first kappa shape index (κ1) is 32.5. The van der Waals surface area contributed by atoms with Crippen LogP contribution in [-0.4, -0.2) is 19.9 Å². The molecule has 5 heteroatoms. The van der Waals surface area contributed by atoms with Crippen LogP contribution in [0.1, 0.15) is 22.3 Å². The second kappa shape index (κ2) is 13.1. The summed E-state index contributed by atoms with van der Waals surface area (Å²) in [5, 5.41) is 0. The summed E-state index contributed by atoms with van der Waals surface area (Å²) in [6.07, 6.45) is 0. The number of hydrogen-bond acceptors (Lipinski definition) is 5. The van der Waals surface area contributed by atoms with Crippen LogP contribution in [-0.2, 0) is 5.41 Å². The van der Waals surface area contributed by atoms with E-state index in [-0.39, 0.29) is 0 Å². The molecule has 0 bridgehead atoms. The van der Waals surface area contributed by atoms with Crippen LogP contribution in [0.4, 0.5) is 0 Å². The van der Waals surface area contributed by atoms with Crippen LogP contribution in [0.15, 0.2) is 204 Å². The molecule has 56 heavy (non-hydrogen) atoms. The third kappa shape index (κ3) is 5.09. The highest BCUT2D eigenvalue weighted by atomic mass is 32.2. The van der Waals surface area contributed by atoms with Crippen LogP contribution in [0.3, 0.4) is 0 Å². The van der Waals surface area contributed by atoms with E-state index in [9.17, 15) is 0 Å². The van der Waals surface area contributed by atoms with Crippen molar-refractivity contribution < 1.29 is 0 Å². The Morgan fingerprint density at radius 3 is 1.52 bits per heavy atom. The van der Waals surface area contributed by atoms with Gasteiger partial charge in [-0.3, -0.25) is 0 Å². The van der Waals surface area contributed by atoms with Crippen LogP contribution in [0.5, 0.6) is 0 Å². The van der Waals surface area contributed by atoms with Gasteiger partial charge in [0.25, 0.3) is 0 Å². The van der Waals surface area contributed by atoms with Crippen LogP contribution in [0.25, 0.3) is 67.8 Å². The number of pyridine rings is 1. The van der Waals surface area contributed by atoms with Crippen molar-refractivity contribution in [1.82, 2.24) is 19.9 Å². The van der Waals surface area contributed by atoms with E-state index in [1.807, 2.05) is 66.4 Å². The summed E-state index contributed by atoms with van der Waals surface area (Å²) in [5.41, 5.74) is 13.6. The maximum Gasteiger partial charge on any atom is 0.166 e. The minimum absolute atomic E-state index is 0.504. The van der Waals surface area contributed by atoms with Gasteiger partial charge in [0.1, 0.15) is 0 Å². The molecule has 0 amide bonds. The Morgan fingerprint density at radius 2 is 0.839 bits per heavy atom. The van der Waals surface area contributed by atoms with Crippen molar-refractivity contribution in [3.63, 3.8) is 0 Å². The quantitative estimate of drug-likeness (QED) is 0.176. The highest BCUT2D eigenvalue weighted by molar-refractivity contribution is 7.99. The van der Waals surface area contributed by atoms with Crippen molar-refractivity contribution in [2.45, 2.75) is 15.2 Å². The molecule has 0 unspecified atom stereocenters. The lowest BCUT2D eigenvalue weighted by Gasteiger charge is -2.39. The summed E-state index contributed by atoms with van der Waals surface area (Å²) in [6.45, 7) is 0. The summed E-state index contributed by atoms with van der Waals surface area (Å²) >= 11 is 1.83. The molecular formula is C51H32N4S. The van der Waals surface area contributed by atoms with Crippen LogP contribution >= 0.6 is 11.8 Å². The van der Waals surface area contributed by atoms with Gasteiger partial charge in [-0.05, 0) is 63.7 Å². The average Bonchev–Trinajstić information content (AvgIpc) is 3.57. The van der Waals surface area contributed by atoms with E-state index in [4.69, 9.17) is 19.9 Å². The minimum Gasteiger partial charge on any atom is -0.247 e. The Labute approximate surface area is 329 Å². The number of aromatic nitrogens is 4. The van der Waals surface area contributed by atoms with E-state index in [1.54, 1.807) is 0 Å². The molecule has 9 aromatic rings. The standard InChI is InChI=1S/C51H32N4S/c1-4-16-33(17-5-1)44-30-29-39(47(52-44)34-18-6-2-7-19-34)50-54-48(35-20-8-3-9-21-35)53-49(55-50)36-28-31-46-43(32-36)51(42-26-14-15-27-45(42)56-46)40-24-12-10-22-37(40)38-23-11-13-25-41(38)51/h1-32H. The summed E-state index contributed by atoms with van der Waals surface area (Å²) in [5.74, 6) is 1.80. The topological polar surface area (TPSA) is 51.6 Å². The van der Waals surface area contributed by atoms with E-state index in [2.05, 4.69) is 140 Å². The zero-order valence-electron chi connectivity index (χ0n) is 30.2. The van der Waals surface area contributed by atoms with Crippen LogP contribution < -0.4 is 0 Å². The first-order chi connectivity index (χ1) is 27.8. The highest BCUT2D eigenvalue weighted by Crippen LogP contribution is 2.62. The molecule has 0 radical (unpaired) electrons. The van der Waals surface area contributed by atoms with Crippen molar-refractivity contribution in [2.75, 3.05) is 0 Å². The van der Waals surface area contributed by atoms with Crippen LogP contribution in [0, 0.1) is 0 Å². The number of hydrogen-bond donors (Lipinski definition) is 0. The molecule has 0 saturated carbocycles. The maximum atomic E-state index is 5.32. The summed E-state index contributed by atoms with van der Waals surface area (Å²) in [7, 11) is 0. The van der Waals surface area contributed by atoms with Gasteiger partial charge in [0, 0.05) is 37.6 Å². The van der Waals surface area contributed by atoms with E-state index in [0.29, 0.717) is 17.5 Å². The molecule has 7 aromatic carbocycles. The van der Waals surface area contributed by atoms with Gasteiger partial charge in [0.2, 0.25) is 0 Å². The molecule has 2 aromatic heterocycles.